The number of aliphatic carboxylic acids is 1. The van der Waals surface area contributed by atoms with Crippen LogP contribution in [-0.2, 0) is 4.79 Å². The summed E-state index contributed by atoms with van der Waals surface area (Å²) >= 11 is 0. The normalized spacial score (nSPS) is 28.4. The molecule has 0 aromatic rings. The fourth-order valence-electron chi connectivity index (χ4n) is 3.43. The number of carboxylic acids is 1. The largest absolute Gasteiger partial charge is 0.480 e. The zero-order valence-electron chi connectivity index (χ0n) is 11.8. The molecule has 1 N–H and O–H groups in total. The van der Waals surface area contributed by atoms with Crippen molar-refractivity contribution in [3.63, 3.8) is 0 Å². The molecule has 2 amide bonds. The molecule has 0 spiro atoms. The van der Waals surface area contributed by atoms with Gasteiger partial charge in [-0.05, 0) is 31.6 Å². The van der Waals surface area contributed by atoms with E-state index in [4.69, 9.17) is 0 Å². The molecule has 2 aliphatic rings. The van der Waals surface area contributed by atoms with Crippen molar-refractivity contribution in [3.8, 4) is 0 Å². The summed E-state index contributed by atoms with van der Waals surface area (Å²) in [6.07, 6.45) is 6.21. The molecule has 5 nitrogen and oxygen atoms in total. The number of piperidine rings is 1. The quantitative estimate of drug-likeness (QED) is 0.835. The maximum absolute atomic E-state index is 12.5. The van der Waals surface area contributed by atoms with E-state index < -0.39 is 12.0 Å². The molecular weight excluding hydrogens is 244 g/mol. The predicted octanol–water partition coefficient (Wildman–Crippen LogP) is 2.17. The Balaban J connectivity index is 2.08. The Hall–Kier alpha value is -1.26. The minimum atomic E-state index is -0.875. The zero-order valence-corrected chi connectivity index (χ0v) is 11.8. The molecule has 2 atom stereocenters. The maximum Gasteiger partial charge on any atom is 0.326 e. The van der Waals surface area contributed by atoms with E-state index in [0.29, 0.717) is 12.6 Å². The maximum atomic E-state index is 12.5. The van der Waals surface area contributed by atoms with Crippen molar-refractivity contribution >= 4 is 12.0 Å². The summed E-state index contributed by atoms with van der Waals surface area (Å²) in [6, 6.07) is -0.477. The monoisotopic (exact) mass is 268 g/mol. The van der Waals surface area contributed by atoms with Crippen molar-refractivity contribution in [1.29, 1.82) is 0 Å². The van der Waals surface area contributed by atoms with Crippen LogP contribution in [0.2, 0.25) is 0 Å². The second-order valence-electron chi connectivity index (χ2n) is 5.93. The highest BCUT2D eigenvalue weighted by atomic mass is 16.4. The molecule has 19 heavy (non-hydrogen) atoms. The van der Waals surface area contributed by atoms with Gasteiger partial charge in [0.05, 0.1) is 0 Å². The fourth-order valence-corrected chi connectivity index (χ4v) is 3.43. The molecule has 1 aliphatic heterocycles. The van der Waals surface area contributed by atoms with E-state index in [-0.39, 0.29) is 11.9 Å². The van der Waals surface area contributed by atoms with E-state index in [1.165, 1.54) is 12.8 Å². The van der Waals surface area contributed by atoms with Gasteiger partial charge in [-0.15, -0.1) is 0 Å². The number of nitrogens with zero attached hydrogens (tertiary/aromatic N) is 2. The van der Waals surface area contributed by atoms with Crippen LogP contribution in [0, 0.1) is 5.92 Å². The number of likely N-dealkylation sites (tertiary alicyclic amines) is 1. The summed E-state index contributed by atoms with van der Waals surface area (Å²) in [7, 11) is 1.82. The third kappa shape index (κ3) is 2.85. The Morgan fingerprint density at radius 1 is 1.16 bits per heavy atom. The molecule has 1 aliphatic carbocycles. The van der Waals surface area contributed by atoms with E-state index in [2.05, 4.69) is 0 Å². The first-order chi connectivity index (χ1) is 9.02. The highest BCUT2D eigenvalue weighted by molar-refractivity contribution is 5.83. The summed E-state index contributed by atoms with van der Waals surface area (Å²) in [6.45, 7) is 2.49. The Morgan fingerprint density at radius 2 is 1.79 bits per heavy atom. The van der Waals surface area contributed by atoms with Crippen LogP contribution in [0.4, 0.5) is 4.79 Å². The van der Waals surface area contributed by atoms with Gasteiger partial charge in [-0.25, -0.2) is 9.59 Å². The van der Waals surface area contributed by atoms with E-state index in [9.17, 15) is 14.7 Å². The van der Waals surface area contributed by atoms with E-state index in [1.54, 1.807) is 9.80 Å². The lowest BCUT2D eigenvalue weighted by Gasteiger charge is -2.40. The number of hydrogen-bond acceptors (Lipinski definition) is 2. The SMILES string of the molecule is CC1CCCN(C(=O)N(C)C2CCCC2)C1C(=O)O. The molecule has 5 heteroatoms. The van der Waals surface area contributed by atoms with E-state index in [1.807, 2.05) is 14.0 Å². The van der Waals surface area contributed by atoms with Gasteiger partial charge in [0.2, 0.25) is 0 Å². The first-order valence-corrected chi connectivity index (χ1v) is 7.28. The summed E-state index contributed by atoms with van der Waals surface area (Å²) in [5, 5.41) is 9.36. The van der Waals surface area contributed by atoms with Gasteiger partial charge >= 0.3 is 12.0 Å². The van der Waals surface area contributed by atoms with Crippen LogP contribution in [0.5, 0.6) is 0 Å². The molecule has 1 saturated carbocycles. The summed E-state index contributed by atoms with van der Waals surface area (Å²) in [5.41, 5.74) is 0. The molecule has 2 rings (SSSR count). The number of urea groups is 1. The minimum Gasteiger partial charge on any atom is -0.480 e. The van der Waals surface area contributed by atoms with E-state index >= 15 is 0 Å². The van der Waals surface area contributed by atoms with Crippen molar-refractivity contribution in [2.45, 2.75) is 57.5 Å². The minimum absolute atomic E-state index is 0.0344. The van der Waals surface area contributed by atoms with Gasteiger partial charge < -0.3 is 14.9 Å². The van der Waals surface area contributed by atoms with Crippen LogP contribution in [0.25, 0.3) is 0 Å². The molecule has 0 aromatic heterocycles. The molecule has 108 valence electrons. The number of carboxylic acid groups (broad SMARTS) is 1. The van der Waals surface area contributed by atoms with E-state index in [0.717, 1.165) is 25.7 Å². The predicted molar refractivity (Wildman–Crippen MR) is 71.9 cm³/mol. The molecule has 1 heterocycles. The van der Waals surface area contributed by atoms with Crippen LogP contribution in [0.15, 0.2) is 0 Å². The summed E-state index contributed by atoms with van der Waals surface area (Å²) < 4.78 is 0. The van der Waals surface area contributed by atoms with Gasteiger partial charge in [0.25, 0.3) is 0 Å². The lowest BCUT2D eigenvalue weighted by molar-refractivity contribution is -0.145. The fraction of sp³-hybridized carbons (Fsp3) is 0.857. The third-order valence-electron chi connectivity index (χ3n) is 4.61. The van der Waals surface area contributed by atoms with Crippen LogP contribution < -0.4 is 0 Å². The Kier molecular flexibility index (Phi) is 4.32. The highest BCUT2D eigenvalue weighted by Gasteiger charge is 2.39. The Morgan fingerprint density at radius 3 is 2.37 bits per heavy atom. The van der Waals surface area contributed by atoms with Gasteiger partial charge in [0.15, 0.2) is 0 Å². The third-order valence-corrected chi connectivity index (χ3v) is 4.61. The second-order valence-corrected chi connectivity index (χ2v) is 5.93. The standard InChI is InChI=1S/C14H24N2O3/c1-10-6-5-9-16(12(10)13(17)18)14(19)15(2)11-7-3-4-8-11/h10-12H,3-9H2,1-2H3,(H,17,18). The topological polar surface area (TPSA) is 60.9 Å². The Labute approximate surface area is 114 Å². The van der Waals surface area contributed by atoms with Crippen molar-refractivity contribution in [2.75, 3.05) is 13.6 Å². The molecule has 2 fully saturated rings. The molecule has 2 unspecified atom stereocenters. The highest BCUT2D eigenvalue weighted by Crippen LogP contribution is 2.27. The van der Waals surface area contributed by atoms with Crippen molar-refractivity contribution in [3.05, 3.63) is 0 Å². The summed E-state index contributed by atoms with van der Waals surface area (Å²) in [5.74, 6) is -0.840. The average Bonchev–Trinajstić information content (AvgIpc) is 2.90. The lowest BCUT2D eigenvalue weighted by atomic mass is 9.91. The number of rotatable bonds is 2. The van der Waals surface area contributed by atoms with Gasteiger partial charge in [0.1, 0.15) is 6.04 Å². The second kappa shape index (κ2) is 5.80. The Bertz CT molecular complexity index is 353. The van der Waals surface area contributed by atoms with Crippen molar-refractivity contribution in [2.24, 2.45) is 5.92 Å². The van der Waals surface area contributed by atoms with Gasteiger partial charge in [-0.3, -0.25) is 0 Å². The van der Waals surface area contributed by atoms with Gasteiger partial charge in [-0.2, -0.15) is 0 Å². The number of amides is 2. The molecule has 0 radical (unpaired) electrons. The van der Waals surface area contributed by atoms with Crippen LogP contribution in [0.1, 0.15) is 45.4 Å². The first kappa shape index (κ1) is 14.2. The number of carbonyl (C=O) groups is 2. The van der Waals surface area contributed by atoms with Gasteiger partial charge in [-0.1, -0.05) is 19.8 Å². The zero-order chi connectivity index (χ0) is 14.0. The van der Waals surface area contributed by atoms with Crippen LogP contribution >= 0.6 is 0 Å². The van der Waals surface area contributed by atoms with Gasteiger partial charge in [0, 0.05) is 19.6 Å². The van der Waals surface area contributed by atoms with Crippen molar-refractivity contribution in [1.82, 2.24) is 9.80 Å². The lowest BCUT2D eigenvalue weighted by Crippen LogP contribution is -2.56. The van der Waals surface area contributed by atoms with Crippen LogP contribution in [-0.4, -0.2) is 52.6 Å². The molecule has 0 aromatic carbocycles. The summed E-state index contributed by atoms with van der Waals surface area (Å²) in [4.78, 5) is 27.3. The van der Waals surface area contributed by atoms with Crippen molar-refractivity contribution < 1.29 is 14.7 Å². The first-order valence-electron chi connectivity index (χ1n) is 7.28. The van der Waals surface area contributed by atoms with Crippen LogP contribution in [0.3, 0.4) is 0 Å². The molecule has 1 saturated heterocycles. The number of carbonyl (C=O) groups excluding carboxylic acids is 1. The molecule has 0 bridgehead atoms. The average molecular weight is 268 g/mol. The number of hydrogen-bond donors (Lipinski definition) is 1. The smallest absolute Gasteiger partial charge is 0.326 e. The molecular formula is C14H24N2O3.